The van der Waals surface area contributed by atoms with E-state index in [9.17, 15) is 8.42 Å². The second-order valence-corrected chi connectivity index (χ2v) is 9.35. The molecule has 0 radical (unpaired) electrons. The van der Waals surface area contributed by atoms with Crippen LogP contribution >= 0.6 is 27.3 Å². The van der Waals surface area contributed by atoms with Crippen molar-refractivity contribution in [1.82, 2.24) is 10.0 Å². The van der Waals surface area contributed by atoms with Crippen LogP contribution < -0.4 is 10.0 Å². The van der Waals surface area contributed by atoms with Gasteiger partial charge in [0.25, 0.3) is 0 Å². The average Bonchev–Trinajstić information content (AvgIpc) is 2.71. The van der Waals surface area contributed by atoms with Crippen LogP contribution in [0.5, 0.6) is 0 Å². The van der Waals surface area contributed by atoms with Crippen molar-refractivity contribution in [3.8, 4) is 0 Å². The Balaban J connectivity index is 2.08. The summed E-state index contributed by atoms with van der Waals surface area (Å²) in [5.74, 6) is 0.369. The third kappa shape index (κ3) is 3.78. The highest BCUT2D eigenvalue weighted by atomic mass is 79.9. The first kappa shape index (κ1) is 15.4. The molecule has 1 saturated heterocycles. The second-order valence-electron chi connectivity index (χ2n) is 5.04. The van der Waals surface area contributed by atoms with Crippen LogP contribution in [0.4, 0.5) is 0 Å². The first-order valence-electron chi connectivity index (χ1n) is 6.39. The number of aryl methyl sites for hydroxylation is 1. The number of nitrogens with one attached hydrogen (secondary N) is 2. The Bertz CT molecular complexity index is 516. The Kier molecular flexibility index (Phi) is 5.05. The Labute approximate surface area is 127 Å². The van der Waals surface area contributed by atoms with Crippen LogP contribution in [0, 0.1) is 12.8 Å². The van der Waals surface area contributed by atoms with Gasteiger partial charge in [0.05, 0.1) is 3.79 Å². The van der Waals surface area contributed by atoms with E-state index in [0.29, 0.717) is 10.1 Å². The van der Waals surface area contributed by atoms with E-state index in [1.54, 1.807) is 6.07 Å². The highest BCUT2D eigenvalue weighted by Gasteiger charge is 2.26. The number of rotatable bonds is 4. The lowest BCUT2D eigenvalue weighted by Gasteiger charge is -2.28. The smallest absolute Gasteiger partial charge is 0.250 e. The minimum Gasteiger partial charge on any atom is -0.316 e. The molecule has 19 heavy (non-hydrogen) atoms. The third-order valence-electron chi connectivity index (χ3n) is 3.48. The summed E-state index contributed by atoms with van der Waals surface area (Å²) in [4.78, 5) is 0. The maximum Gasteiger partial charge on any atom is 0.250 e. The lowest BCUT2D eigenvalue weighted by Crippen LogP contribution is -2.44. The van der Waals surface area contributed by atoms with Crippen LogP contribution in [0.1, 0.15) is 25.3 Å². The summed E-state index contributed by atoms with van der Waals surface area (Å²) in [7, 11) is -3.40. The maximum atomic E-state index is 12.3. The molecular weight excluding hydrogens is 348 g/mol. The molecule has 0 amide bonds. The van der Waals surface area contributed by atoms with Gasteiger partial charge in [0.1, 0.15) is 4.21 Å². The van der Waals surface area contributed by atoms with Gasteiger partial charge in [0.15, 0.2) is 0 Å². The van der Waals surface area contributed by atoms with Crippen LogP contribution in [-0.4, -0.2) is 27.5 Å². The Hall–Kier alpha value is 0.0500. The largest absolute Gasteiger partial charge is 0.316 e. The highest BCUT2D eigenvalue weighted by molar-refractivity contribution is 9.11. The summed E-state index contributed by atoms with van der Waals surface area (Å²) in [5.41, 5.74) is 0.956. The van der Waals surface area contributed by atoms with Gasteiger partial charge >= 0.3 is 0 Å². The average molecular weight is 367 g/mol. The molecular formula is C12H19BrN2O2S2. The predicted molar refractivity (Wildman–Crippen MR) is 82.1 cm³/mol. The van der Waals surface area contributed by atoms with E-state index in [-0.39, 0.29) is 6.04 Å². The Morgan fingerprint density at radius 3 is 2.84 bits per heavy atom. The minimum absolute atomic E-state index is 0.0426. The van der Waals surface area contributed by atoms with E-state index in [1.165, 1.54) is 11.3 Å². The van der Waals surface area contributed by atoms with Crippen LogP contribution in [0.25, 0.3) is 0 Å². The summed E-state index contributed by atoms with van der Waals surface area (Å²) < 4.78 is 28.7. The third-order valence-corrected chi connectivity index (χ3v) is 7.65. The maximum absolute atomic E-state index is 12.3. The number of thiophene rings is 1. The van der Waals surface area contributed by atoms with E-state index in [0.717, 1.165) is 35.3 Å². The molecule has 1 aliphatic heterocycles. The number of sulfonamides is 1. The fourth-order valence-corrected chi connectivity index (χ4v) is 5.82. The van der Waals surface area contributed by atoms with Crippen LogP contribution in [0.15, 0.2) is 14.1 Å². The first-order valence-corrected chi connectivity index (χ1v) is 9.48. The van der Waals surface area contributed by atoms with Crippen LogP contribution in [0.2, 0.25) is 0 Å². The quantitative estimate of drug-likeness (QED) is 0.860. The van der Waals surface area contributed by atoms with E-state index in [2.05, 4.69) is 26.0 Å². The van der Waals surface area contributed by atoms with Crippen molar-refractivity contribution >= 4 is 37.3 Å². The zero-order chi connectivity index (χ0) is 14.0. The van der Waals surface area contributed by atoms with Gasteiger partial charge in [-0.15, -0.1) is 11.3 Å². The van der Waals surface area contributed by atoms with Gasteiger partial charge in [0, 0.05) is 6.04 Å². The van der Waals surface area contributed by atoms with Crippen molar-refractivity contribution in [2.75, 3.05) is 13.1 Å². The molecule has 1 fully saturated rings. The fraction of sp³-hybridized carbons (Fsp3) is 0.667. The first-order chi connectivity index (χ1) is 8.90. The van der Waals surface area contributed by atoms with Gasteiger partial charge in [0.2, 0.25) is 10.0 Å². The summed E-state index contributed by atoms with van der Waals surface area (Å²) >= 11 is 4.63. The molecule has 1 aliphatic rings. The number of hydrogen-bond donors (Lipinski definition) is 2. The molecule has 4 nitrogen and oxygen atoms in total. The molecule has 1 aromatic heterocycles. The van der Waals surface area contributed by atoms with E-state index < -0.39 is 10.0 Å². The van der Waals surface area contributed by atoms with Gasteiger partial charge in [-0.25, -0.2) is 13.1 Å². The van der Waals surface area contributed by atoms with E-state index >= 15 is 0 Å². The van der Waals surface area contributed by atoms with Gasteiger partial charge in [-0.3, -0.25) is 0 Å². The highest BCUT2D eigenvalue weighted by Crippen LogP contribution is 2.30. The molecule has 2 unspecified atom stereocenters. The van der Waals surface area contributed by atoms with Crippen molar-refractivity contribution in [2.24, 2.45) is 5.92 Å². The Morgan fingerprint density at radius 1 is 1.58 bits per heavy atom. The summed E-state index contributed by atoms with van der Waals surface area (Å²) in [5, 5.41) is 3.31. The number of hydrogen-bond acceptors (Lipinski definition) is 4. The van der Waals surface area contributed by atoms with Crippen molar-refractivity contribution in [3.05, 3.63) is 15.4 Å². The second kappa shape index (κ2) is 6.22. The van der Waals surface area contributed by atoms with Gasteiger partial charge in [-0.2, -0.15) is 0 Å². The van der Waals surface area contributed by atoms with Gasteiger partial charge in [-0.05, 0) is 73.3 Å². The summed E-state index contributed by atoms with van der Waals surface area (Å²) in [6.07, 6.45) is 2.18. The molecule has 2 heterocycles. The lowest BCUT2D eigenvalue weighted by molar-refractivity contribution is 0.320. The normalized spacial score (nSPS) is 22.4. The SMILES string of the molecule is Cc1cc(S(=O)(=O)NC(C)C2CCCNC2)sc1Br. The van der Waals surface area contributed by atoms with Crippen LogP contribution in [0.3, 0.4) is 0 Å². The molecule has 1 aromatic rings. The van der Waals surface area contributed by atoms with Crippen LogP contribution in [-0.2, 0) is 10.0 Å². The summed E-state index contributed by atoms with van der Waals surface area (Å²) in [6.45, 7) is 5.77. The zero-order valence-corrected chi connectivity index (χ0v) is 14.3. The number of piperidine rings is 1. The predicted octanol–water partition coefficient (Wildman–Crippen LogP) is 2.49. The van der Waals surface area contributed by atoms with Crippen molar-refractivity contribution < 1.29 is 8.42 Å². The molecule has 7 heteroatoms. The molecule has 0 aliphatic carbocycles. The monoisotopic (exact) mass is 366 g/mol. The molecule has 108 valence electrons. The minimum atomic E-state index is -3.40. The molecule has 0 spiro atoms. The van der Waals surface area contributed by atoms with Gasteiger partial charge in [-0.1, -0.05) is 0 Å². The molecule has 2 rings (SSSR count). The summed E-state index contributed by atoms with van der Waals surface area (Å²) in [6, 6.07) is 1.67. The standard InChI is InChI=1S/C12H19BrN2O2S2/c1-8-6-11(18-12(8)13)19(16,17)15-9(2)10-4-3-5-14-7-10/h6,9-10,14-15H,3-5,7H2,1-2H3. The van der Waals surface area contributed by atoms with E-state index in [1.807, 2.05) is 13.8 Å². The molecule has 2 atom stereocenters. The molecule has 0 aromatic carbocycles. The Morgan fingerprint density at radius 2 is 2.32 bits per heavy atom. The van der Waals surface area contributed by atoms with Crippen molar-refractivity contribution in [2.45, 2.75) is 36.9 Å². The van der Waals surface area contributed by atoms with Crippen molar-refractivity contribution in [1.29, 1.82) is 0 Å². The molecule has 2 N–H and O–H groups in total. The van der Waals surface area contributed by atoms with E-state index in [4.69, 9.17) is 0 Å². The van der Waals surface area contributed by atoms with Gasteiger partial charge < -0.3 is 5.32 Å². The topological polar surface area (TPSA) is 58.2 Å². The lowest BCUT2D eigenvalue weighted by atomic mass is 9.94. The number of halogens is 1. The van der Waals surface area contributed by atoms with Crippen molar-refractivity contribution in [3.63, 3.8) is 0 Å². The molecule has 0 saturated carbocycles. The molecule has 0 bridgehead atoms. The fourth-order valence-electron chi connectivity index (χ4n) is 2.27. The zero-order valence-electron chi connectivity index (χ0n) is 11.1.